The zero-order valence-corrected chi connectivity index (χ0v) is 13.9. The Kier molecular flexibility index (Phi) is 5.24. The molecule has 6 heteroatoms. The number of nitrogens with zero attached hydrogens (tertiary/aromatic N) is 2. The summed E-state index contributed by atoms with van der Waals surface area (Å²) in [4.78, 5) is 8.68. The van der Waals surface area contributed by atoms with Crippen molar-refractivity contribution in [1.29, 1.82) is 0 Å². The molecule has 1 aliphatic carbocycles. The van der Waals surface area contributed by atoms with Crippen molar-refractivity contribution in [2.45, 2.75) is 32.0 Å². The highest BCUT2D eigenvalue weighted by Crippen LogP contribution is 2.35. The Morgan fingerprint density at radius 3 is 3.05 bits per heavy atom. The van der Waals surface area contributed by atoms with Crippen LogP contribution in [0.5, 0.6) is 0 Å². The fourth-order valence-corrected chi connectivity index (χ4v) is 3.81. The van der Waals surface area contributed by atoms with Crippen LogP contribution in [0.4, 0.5) is 5.13 Å². The van der Waals surface area contributed by atoms with Gasteiger partial charge in [0.25, 0.3) is 0 Å². The van der Waals surface area contributed by atoms with Crippen molar-refractivity contribution in [2.24, 2.45) is 0 Å². The van der Waals surface area contributed by atoms with Crippen LogP contribution in [-0.4, -0.2) is 31.3 Å². The maximum Gasteiger partial charge on any atom is 0.186 e. The van der Waals surface area contributed by atoms with E-state index in [9.17, 15) is 0 Å². The molecule has 1 N–H and O–H groups in total. The normalized spacial score (nSPS) is 14.5. The zero-order chi connectivity index (χ0) is 14.5. The van der Waals surface area contributed by atoms with E-state index in [2.05, 4.69) is 33.1 Å². The van der Waals surface area contributed by atoms with Crippen molar-refractivity contribution in [3.8, 4) is 0 Å². The van der Waals surface area contributed by atoms with E-state index in [0.717, 1.165) is 37.1 Å². The second-order valence-corrected chi connectivity index (χ2v) is 7.10. The highest BCUT2D eigenvalue weighted by Gasteiger charge is 2.31. The Labute approximate surface area is 133 Å². The molecule has 0 unspecified atom stereocenters. The summed E-state index contributed by atoms with van der Waals surface area (Å²) in [6, 6.07) is 5.02. The molecule has 0 aromatic carbocycles. The van der Waals surface area contributed by atoms with Gasteiger partial charge in [-0.2, -0.15) is 0 Å². The van der Waals surface area contributed by atoms with E-state index in [1.165, 1.54) is 17.7 Å². The van der Waals surface area contributed by atoms with Crippen LogP contribution in [0, 0.1) is 0 Å². The maximum absolute atomic E-state index is 5.03. The van der Waals surface area contributed by atoms with Crippen LogP contribution < -0.4 is 10.2 Å². The monoisotopic (exact) mass is 323 g/mol. The summed E-state index contributed by atoms with van der Waals surface area (Å²) in [6.45, 7) is 3.41. The maximum atomic E-state index is 5.03. The minimum atomic E-state index is 0.688. The van der Waals surface area contributed by atoms with Crippen LogP contribution in [-0.2, 0) is 17.8 Å². The van der Waals surface area contributed by atoms with Gasteiger partial charge in [-0.25, -0.2) is 4.98 Å². The predicted octanol–water partition coefficient (Wildman–Crippen LogP) is 3.11. The molecule has 0 amide bonds. The molecular formula is C15H21N3OS2. The van der Waals surface area contributed by atoms with Crippen LogP contribution in [0.15, 0.2) is 22.9 Å². The fraction of sp³-hybridized carbons (Fsp3) is 0.533. The van der Waals surface area contributed by atoms with Crippen LogP contribution in [0.25, 0.3) is 0 Å². The molecule has 4 nitrogen and oxygen atoms in total. The molecule has 0 radical (unpaired) electrons. The minimum Gasteiger partial charge on any atom is -0.383 e. The number of thiophene rings is 1. The smallest absolute Gasteiger partial charge is 0.186 e. The Morgan fingerprint density at radius 2 is 2.33 bits per heavy atom. The van der Waals surface area contributed by atoms with E-state index in [1.807, 2.05) is 11.3 Å². The van der Waals surface area contributed by atoms with Crippen molar-refractivity contribution < 1.29 is 4.74 Å². The fourth-order valence-electron chi connectivity index (χ4n) is 2.21. The van der Waals surface area contributed by atoms with Gasteiger partial charge < -0.3 is 15.0 Å². The quantitative estimate of drug-likeness (QED) is 0.720. The highest BCUT2D eigenvalue weighted by atomic mass is 32.1. The number of ether oxygens (including phenoxy) is 1. The second-order valence-electron chi connectivity index (χ2n) is 5.23. The number of rotatable bonds is 9. The van der Waals surface area contributed by atoms with E-state index in [-0.39, 0.29) is 0 Å². The Bertz CT molecular complexity index is 537. The molecule has 0 bridgehead atoms. The van der Waals surface area contributed by atoms with Crippen molar-refractivity contribution in [1.82, 2.24) is 10.3 Å². The molecule has 2 aromatic rings. The Hall–Kier alpha value is -0.950. The predicted molar refractivity (Wildman–Crippen MR) is 89.2 cm³/mol. The highest BCUT2D eigenvalue weighted by molar-refractivity contribution is 7.13. The summed E-state index contributed by atoms with van der Waals surface area (Å²) in [5.41, 5.74) is 1.13. The molecule has 0 spiro atoms. The van der Waals surface area contributed by atoms with Crippen molar-refractivity contribution >= 4 is 27.8 Å². The lowest BCUT2D eigenvalue weighted by molar-refractivity contribution is 0.199. The third-order valence-electron chi connectivity index (χ3n) is 3.47. The van der Waals surface area contributed by atoms with Gasteiger partial charge in [-0.1, -0.05) is 6.07 Å². The van der Waals surface area contributed by atoms with Crippen molar-refractivity contribution in [3.63, 3.8) is 0 Å². The number of anilines is 1. The first-order valence-corrected chi connectivity index (χ1v) is 9.06. The summed E-state index contributed by atoms with van der Waals surface area (Å²) in [6.07, 6.45) is 2.60. The molecule has 2 heterocycles. The summed E-state index contributed by atoms with van der Waals surface area (Å²) in [5, 5.41) is 8.82. The molecule has 1 aliphatic rings. The molecule has 0 atom stereocenters. The number of hydrogen-bond donors (Lipinski definition) is 1. The van der Waals surface area contributed by atoms with E-state index in [4.69, 9.17) is 9.72 Å². The van der Waals surface area contributed by atoms with E-state index >= 15 is 0 Å². The van der Waals surface area contributed by atoms with Gasteiger partial charge >= 0.3 is 0 Å². The molecule has 0 saturated heterocycles. The lowest BCUT2D eigenvalue weighted by Gasteiger charge is -2.20. The van der Waals surface area contributed by atoms with Gasteiger partial charge in [-0.3, -0.25) is 0 Å². The van der Waals surface area contributed by atoms with Gasteiger partial charge in [0.15, 0.2) is 5.13 Å². The lowest BCUT2D eigenvalue weighted by atomic mass is 10.4. The van der Waals surface area contributed by atoms with Crippen LogP contribution in [0.3, 0.4) is 0 Å². The Balaban J connectivity index is 1.59. The standard InChI is InChI=1S/C15H21N3OS2/c1-19-7-6-16-9-12-11-21-15(17-12)18(13-4-5-13)10-14-3-2-8-20-14/h2-3,8,11,13,16H,4-7,9-10H2,1H3. The SMILES string of the molecule is COCCNCc1csc(N(Cc2cccs2)C2CC2)n1. The molecule has 1 saturated carbocycles. The van der Waals surface area contributed by atoms with E-state index in [1.54, 1.807) is 18.4 Å². The minimum absolute atomic E-state index is 0.688. The number of methoxy groups -OCH3 is 1. The molecule has 21 heavy (non-hydrogen) atoms. The average Bonchev–Trinajstić information content (AvgIpc) is 3.01. The van der Waals surface area contributed by atoms with Gasteiger partial charge in [0, 0.05) is 36.5 Å². The number of aromatic nitrogens is 1. The number of hydrogen-bond acceptors (Lipinski definition) is 6. The van der Waals surface area contributed by atoms with Crippen LogP contribution in [0.1, 0.15) is 23.4 Å². The number of nitrogens with one attached hydrogen (secondary N) is 1. The first-order valence-electron chi connectivity index (χ1n) is 7.30. The summed E-state index contributed by atoms with van der Waals surface area (Å²) >= 11 is 3.59. The third kappa shape index (κ3) is 4.26. The van der Waals surface area contributed by atoms with Crippen LogP contribution in [0.2, 0.25) is 0 Å². The first kappa shape index (κ1) is 15.0. The molecule has 2 aromatic heterocycles. The van der Waals surface area contributed by atoms with Crippen molar-refractivity contribution in [3.05, 3.63) is 33.5 Å². The van der Waals surface area contributed by atoms with Gasteiger partial charge in [0.05, 0.1) is 18.8 Å². The topological polar surface area (TPSA) is 37.4 Å². The zero-order valence-electron chi connectivity index (χ0n) is 12.2. The van der Waals surface area contributed by atoms with Gasteiger partial charge in [0.2, 0.25) is 0 Å². The van der Waals surface area contributed by atoms with Gasteiger partial charge in [-0.15, -0.1) is 22.7 Å². The van der Waals surface area contributed by atoms with Crippen LogP contribution >= 0.6 is 22.7 Å². The summed E-state index contributed by atoms with van der Waals surface area (Å²) < 4.78 is 5.03. The summed E-state index contributed by atoms with van der Waals surface area (Å²) in [7, 11) is 1.72. The lowest BCUT2D eigenvalue weighted by Crippen LogP contribution is -2.24. The Morgan fingerprint density at radius 1 is 1.43 bits per heavy atom. The molecular weight excluding hydrogens is 302 g/mol. The largest absolute Gasteiger partial charge is 0.383 e. The van der Waals surface area contributed by atoms with Gasteiger partial charge in [-0.05, 0) is 24.3 Å². The average molecular weight is 323 g/mol. The van der Waals surface area contributed by atoms with E-state index in [0.29, 0.717) is 6.04 Å². The van der Waals surface area contributed by atoms with E-state index < -0.39 is 0 Å². The molecule has 1 fully saturated rings. The third-order valence-corrected chi connectivity index (χ3v) is 5.26. The summed E-state index contributed by atoms with van der Waals surface area (Å²) in [5.74, 6) is 0. The second kappa shape index (κ2) is 7.35. The van der Waals surface area contributed by atoms with Crippen molar-refractivity contribution in [2.75, 3.05) is 25.2 Å². The van der Waals surface area contributed by atoms with Gasteiger partial charge in [0.1, 0.15) is 0 Å². The molecule has 114 valence electrons. The molecule has 0 aliphatic heterocycles. The number of thiazole rings is 1. The molecule has 3 rings (SSSR count). The first-order chi connectivity index (χ1) is 10.4.